The van der Waals surface area contributed by atoms with E-state index in [4.69, 9.17) is 15.6 Å². The minimum Gasteiger partial charge on any atom is -0.495 e. The second kappa shape index (κ2) is 7.35. The number of aromatic carboxylic acids is 1. The molecule has 1 fully saturated rings. The highest BCUT2D eigenvalue weighted by Crippen LogP contribution is 2.45. The maximum atomic E-state index is 11.4. The number of carboxylic acids is 1. The average Bonchev–Trinajstić information content (AvgIpc) is 3.41. The predicted molar refractivity (Wildman–Crippen MR) is 117 cm³/mol. The van der Waals surface area contributed by atoms with Gasteiger partial charge in [-0.1, -0.05) is 18.9 Å². The monoisotopic (exact) mass is 405 g/mol. The first-order chi connectivity index (χ1) is 14.6. The fourth-order valence-electron chi connectivity index (χ4n) is 5.54. The van der Waals surface area contributed by atoms with Crippen molar-refractivity contribution in [3.8, 4) is 5.75 Å². The van der Waals surface area contributed by atoms with Gasteiger partial charge in [0, 0.05) is 17.5 Å². The number of anilines is 2. The van der Waals surface area contributed by atoms with Crippen LogP contribution in [0.4, 0.5) is 11.4 Å². The van der Waals surface area contributed by atoms with E-state index >= 15 is 0 Å². The minimum absolute atomic E-state index is 0.322. The number of hydrazone groups is 1. The summed E-state index contributed by atoms with van der Waals surface area (Å²) in [4.78, 5) is 11.4. The van der Waals surface area contributed by atoms with Crippen LogP contribution in [-0.4, -0.2) is 29.9 Å². The molecule has 2 aromatic carbocycles. The van der Waals surface area contributed by atoms with Gasteiger partial charge < -0.3 is 15.6 Å². The Morgan fingerprint density at radius 2 is 1.97 bits per heavy atom. The molecule has 2 aliphatic carbocycles. The van der Waals surface area contributed by atoms with Crippen molar-refractivity contribution in [3.63, 3.8) is 0 Å². The topological polar surface area (TPSA) is 88.1 Å². The lowest BCUT2D eigenvalue weighted by Crippen LogP contribution is -2.40. The van der Waals surface area contributed by atoms with Gasteiger partial charge in [-0.05, 0) is 61.4 Å². The molecule has 0 amide bonds. The van der Waals surface area contributed by atoms with Crippen LogP contribution in [0.25, 0.3) is 0 Å². The molecule has 156 valence electrons. The number of methoxy groups -OCH3 is 1. The van der Waals surface area contributed by atoms with Crippen molar-refractivity contribution in [1.82, 2.24) is 0 Å². The third-order valence-electron chi connectivity index (χ3n) is 6.98. The largest absolute Gasteiger partial charge is 0.495 e. The summed E-state index contributed by atoms with van der Waals surface area (Å²) in [5.41, 5.74) is 11.3. The van der Waals surface area contributed by atoms with Gasteiger partial charge in [0.2, 0.25) is 0 Å². The Bertz CT molecular complexity index is 1030. The molecule has 1 saturated carbocycles. The summed E-state index contributed by atoms with van der Waals surface area (Å²) in [5, 5.41) is 16.7. The van der Waals surface area contributed by atoms with Gasteiger partial charge in [-0.25, -0.2) is 4.79 Å². The van der Waals surface area contributed by atoms with Crippen LogP contribution in [0.1, 0.15) is 53.6 Å². The van der Waals surface area contributed by atoms with Crippen molar-refractivity contribution in [2.24, 2.45) is 16.9 Å². The van der Waals surface area contributed by atoms with Crippen LogP contribution < -0.4 is 15.5 Å². The number of hydrogen-bond donors (Lipinski definition) is 2. The Morgan fingerprint density at radius 3 is 2.70 bits per heavy atom. The van der Waals surface area contributed by atoms with E-state index < -0.39 is 5.97 Å². The van der Waals surface area contributed by atoms with E-state index in [-0.39, 0.29) is 0 Å². The number of benzene rings is 2. The highest BCUT2D eigenvalue weighted by Gasteiger charge is 2.45. The molecule has 3 N–H and O–H groups in total. The van der Waals surface area contributed by atoms with Crippen LogP contribution in [0.2, 0.25) is 0 Å². The van der Waals surface area contributed by atoms with Gasteiger partial charge in [0.1, 0.15) is 5.75 Å². The van der Waals surface area contributed by atoms with Gasteiger partial charge >= 0.3 is 5.97 Å². The summed E-state index contributed by atoms with van der Waals surface area (Å²) in [7, 11) is 1.63. The molecule has 0 aromatic heterocycles. The number of hydrogen-bond acceptors (Lipinski definition) is 5. The zero-order valence-corrected chi connectivity index (χ0v) is 17.2. The molecule has 0 unspecified atom stereocenters. The number of nitrogen functional groups attached to an aromatic ring is 1. The zero-order chi connectivity index (χ0) is 20.8. The fourth-order valence-corrected chi connectivity index (χ4v) is 5.54. The summed E-state index contributed by atoms with van der Waals surface area (Å²) in [5.74, 6) is 0.756. The lowest BCUT2D eigenvalue weighted by Gasteiger charge is -2.34. The van der Waals surface area contributed by atoms with Gasteiger partial charge in [0.15, 0.2) is 0 Å². The molecule has 0 spiro atoms. The number of nitrogens with zero attached hydrogens (tertiary/aromatic N) is 2. The molecule has 1 aliphatic heterocycles. The predicted octanol–water partition coefficient (Wildman–Crippen LogP) is 4.32. The smallest absolute Gasteiger partial charge is 0.335 e. The SMILES string of the molecule is COc1cc(N2N=C3c4ccc(C(=O)O)cc4CC[C@@H]3[C@@H]2C2CCCC2)ccc1N. The molecule has 2 aromatic rings. The van der Waals surface area contributed by atoms with Crippen LogP contribution in [-0.2, 0) is 6.42 Å². The van der Waals surface area contributed by atoms with Gasteiger partial charge in [0.05, 0.1) is 35.8 Å². The van der Waals surface area contributed by atoms with Crippen LogP contribution >= 0.6 is 0 Å². The Hall–Kier alpha value is -3.02. The van der Waals surface area contributed by atoms with Crippen LogP contribution in [0.5, 0.6) is 5.75 Å². The molecule has 1 heterocycles. The van der Waals surface area contributed by atoms with Crippen molar-refractivity contribution in [2.75, 3.05) is 17.9 Å². The van der Waals surface area contributed by atoms with E-state index in [1.54, 1.807) is 13.2 Å². The number of carbonyl (C=O) groups is 1. The van der Waals surface area contributed by atoms with E-state index in [2.05, 4.69) is 5.01 Å². The van der Waals surface area contributed by atoms with Crippen molar-refractivity contribution in [1.29, 1.82) is 0 Å². The van der Waals surface area contributed by atoms with Gasteiger partial charge in [-0.2, -0.15) is 5.10 Å². The van der Waals surface area contributed by atoms with E-state index in [0.29, 0.717) is 34.9 Å². The van der Waals surface area contributed by atoms with Crippen molar-refractivity contribution in [2.45, 2.75) is 44.6 Å². The van der Waals surface area contributed by atoms with Crippen LogP contribution in [0.3, 0.4) is 0 Å². The normalized spacial score (nSPS) is 23.1. The molecule has 6 heteroatoms. The minimum atomic E-state index is -0.882. The second-order valence-electron chi connectivity index (χ2n) is 8.61. The summed E-state index contributed by atoms with van der Waals surface area (Å²) in [6, 6.07) is 11.7. The van der Waals surface area contributed by atoms with Crippen molar-refractivity contribution in [3.05, 3.63) is 53.1 Å². The summed E-state index contributed by atoms with van der Waals surface area (Å²) in [6.45, 7) is 0. The highest BCUT2D eigenvalue weighted by molar-refractivity contribution is 6.07. The quantitative estimate of drug-likeness (QED) is 0.740. The maximum Gasteiger partial charge on any atom is 0.335 e. The van der Waals surface area contributed by atoms with Crippen LogP contribution in [0.15, 0.2) is 41.5 Å². The van der Waals surface area contributed by atoms with Gasteiger partial charge in [-0.15, -0.1) is 0 Å². The number of carboxylic acid groups (broad SMARTS) is 1. The molecular formula is C24H27N3O3. The van der Waals surface area contributed by atoms with Crippen molar-refractivity contribution < 1.29 is 14.6 Å². The summed E-state index contributed by atoms with van der Waals surface area (Å²) in [6.07, 6.45) is 6.91. The van der Waals surface area contributed by atoms with E-state index in [9.17, 15) is 9.90 Å². The molecule has 5 rings (SSSR count). The number of aryl methyl sites for hydroxylation is 1. The number of fused-ring (bicyclic) bond motifs is 3. The molecule has 2 atom stereocenters. The van der Waals surface area contributed by atoms with Crippen LogP contribution in [0, 0.1) is 11.8 Å². The standard InChI is InChI=1S/C24H27N3O3/c1-30-21-13-17(8-11-20(21)25)27-23(14-4-2-3-5-14)19-10-6-15-12-16(24(28)29)7-9-18(15)22(19)26-27/h7-9,11-14,19,23H,2-6,10,25H2,1H3,(H,28,29)/t19-,23-/m0/s1. The molecular weight excluding hydrogens is 378 g/mol. The summed E-state index contributed by atoms with van der Waals surface area (Å²) >= 11 is 0. The number of ether oxygens (including phenoxy) is 1. The molecule has 30 heavy (non-hydrogen) atoms. The first kappa shape index (κ1) is 19.0. The molecule has 0 radical (unpaired) electrons. The lowest BCUT2D eigenvalue weighted by molar-refractivity contribution is 0.0696. The Kier molecular flexibility index (Phi) is 4.65. The first-order valence-electron chi connectivity index (χ1n) is 10.7. The maximum absolute atomic E-state index is 11.4. The zero-order valence-electron chi connectivity index (χ0n) is 17.2. The van der Waals surface area contributed by atoms with E-state index in [1.807, 2.05) is 30.3 Å². The third kappa shape index (κ3) is 3.02. The first-order valence-corrected chi connectivity index (χ1v) is 10.7. The average molecular weight is 405 g/mol. The Morgan fingerprint density at radius 1 is 1.17 bits per heavy atom. The number of rotatable bonds is 4. The second-order valence-corrected chi connectivity index (χ2v) is 8.61. The lowest BCUT2D eigenvalue weighted by atomic mass is 9.75. The van der Waals surface area contributed by atoms with Crippen molar-refractivity contribution >= 4 is 23.1 Å². The van der Waals surface area contributed by atoms with E-state index in [0.717, 1.165) is 35.4 Å². The molecule has 0 bridgehead atoms. The summed E-state index contributed by atoms with van der Waals surface area (Å²) < 4.78 is 5.46. The van der Waals surface area contributed by atoms with Gasteiger partial charge in [0.25, 0.3) is 0 Å². The molecule has 0 saturated heterocycles. The van der Waals surface area contributed by atoms with Gasteiger partial charge in [-0.3, -0.25) is 5.01 Å². The fraction of sp³-hybridized carbons (Fsp3) is 0.417. The Balaban J connectivity index is 1.59. The molecule has 3 aliphatic rings. The third-order valence-corrected chi connectivity index (χ3v) is 6.98. The Labute approximate surface area is 176 Å². The van der Waals surface area contributed by atoms with E-state index in [1.165, 1.54) is 25.7 Å². The molecule has 6 nitrogen and oxygen atoms in total. The number of nitrogens with two attached hydrogens (primary N) is 1. The highest BCUT2D eigenvalue weighted by atomic mass is 16.5.